The van der Waals surface area contributed by atoms with E-state index >= 15 is 0 Å². The second kappa shape index (κ2) is 4.42. The topological polar surface area (TPSA) is 15.3 Å². The van der Waals surface area contributed by atoms with Crippen LogP contribution in [-0.2, 0) is 0 Å². The summed E-state index contributed by atoms with van der Waals surface area (Å²) in [6, 6.07) is 0.789. The van der Waals surface area contributed by atoms with Gasteiger partial charge in [-0.3, -0.25) is 0 Å². The summed E-state index contributed by atoms with van der Waals surface area (Å²) in [5, 5.41) is 3.80. The SMILES string of the molecule is CC(C)C1(CNC2CCN(C)CC2)CC1. The van der Waals surface area contributed by atoms with Gasteiger partial charge in [-0.1, -0.05) is 13.8 Å². The van der Waals surface area contributed by atoms with Crippen LogP contribution in [0.3, 0.4) is 0 Å². The molecule has 1 aliphatic heterocycles. The van der Waals surface area contributed by atoms with Crippen molar-refractivity contribution in [3.05, 3.63) is 0 Å². The Kier molecular flexibility index (Phi) is 3.36. The van der Waals surface area contributed by atoms with Crippen LogP contribution in [0.15, 0.2) is 0 Å². The molecule has 1 saturated carbocycles. The van der Waals surface area contributed by atoms with Gasteiger partial charge in [0, 0.05) is 12.6 Å². The molecule has 0 aromatic heterocycles. The minimum atomic E-state index is 0.670. The van der Waals surface area contributed by atoms with Gasteiger partial charge < -0.3 is 10.2 Å². The van der Waals surface area contributed by atoms with E-state index < -0.39 is 0 Å². The highest BCUT2D eigenvalue weighted by Gasteiger charge is 2.45. The largest absolute Gasteiger partial charge is 0.313 e. The smallest absolute Gasteiger partial charge is 0.00916 e. The van der Waals surface area contributed by atoms with Crippen molar-refractivity contribution >= 4 is 0 Å². The first-order chi connectivity index (χ1) is 7.12. The van der Waals surface area contributed by atoms with Gasteiger partial charge >= 0.3 is 0 Å². The molecule has 15 heavy (non-hydrogen) atoms. The van der Waals surface area contributed by atoms with Crippen LogP contribution >= 0.6 is 0 Å². The highest BCUT2D eigenvalue weighted by atomic mass is 15.1. The Bertz CT molecular complexity index is 201. The van der Waals surface area contributed by atoms with E-state index in [1.54, 1.807) is 0 Å². The fraction of sp³-hybridized carbons (Fsp3) is 1.00. The lowest BCUT2D eigenvalue weighted by molar-refractivity contribution is 0.219. The van der Waals surface area contributed by atoms with Crippen LogP contribution in [0.1, 0.15) is 39.5 Å². The van der Waals surface area contributed by atoms with Gasteiger partial charge in [-0.25, -0.2) is 0 Å². The van der Waals surface area contributed by atoms with E-state index in [0.717, 1.165) is 12.0 Å². The van der Waals surface area contributed by atoms with Crippen LogP contribution < -0.4 is 5.32 Å². The van der Waals surface area contributed by atoms with Crippen molar-refractivity contribution < 1.29 is 0 Å². The van der Waals surface area contributed by atoms with Crippen molar-refractivity contribution in [3.8, 4) is 0 Å². The van der Waals surface area contributed by atoms with Crippen molar-refractivity contribution in [1.29, 1.82) is 0 Å². The maximum absolute atomic E-state index is 3.80. The molecule has 0 aromatic rings. The predicted molar refractivity (Wildman–Crippen MR) is 65.0 cm³/mol. The number of piperidine rings is 1. The number of hydrogen-bond donors (Lipinski definition) is 1. The lowest BCUT2D eigenvalue weighted by Gasteiger charge is -2.31. The van der Waals surface area contributed by atoms with Crippen molar-refractivity contribution in [2.75, 3.05) is 26.7 Å². The summed E-state index contributed by atoms with van der Waals surface area (Å²) in [5.41, 5.74) is 0.670. The van der Waals surface area contributed by atoms with E-state index in [-0.39, 0.29) is 0 Å². The van der Waals surface area contributed by atoms with Crippen molar-refractivity contribution in [2.24, 2.45) is 11.3 Å². The molecule has 1 saturated heterocycles. The number of hydrogen-bond acceptors (Lipinski definition) is 2. The van der Waals surface area contributed by atoms with Crippen molar-refractivity contribution in [3.63, 3.8) is 0 Å². The molecule has 0 aromatic carbocycles. The van der Waals surface area contributed by atoms with Gasteiger partial charge in [-0.2, -0.15) is 0 Å². The summed E-state index contributed by atoms with van der Waals surface area (Å²) >= 11 is 0. The first-order valence-corrected chi connectivity index (χ1v) is 6.54. The summed E-state index contributed by atoms with van der Waals surface area (Å²) in [6.45, 7) is 8.56. The second-order valence-corrected chi connectivity index (χ2v) is 5.98. The average Bonchev–Trinajstić information content (AvgIpc) is 2.98. The Labute approximate surface area is 94.4 Å². The first-order valence-electron chi connectivity index (χ1n) is 6.54. The molecule has 2 rings (SSSR count). The summed E-state index contributed by atoms with van der Waals surface area (Å²) < 4.78 is 0. The standard InChI is InChI=1S/C13H26N2/c1-11(2)13(6-7-13)10-14-12-4-8-15(3)9-5-12/h11-12,14H,4-10H2,1-3H3. The number of rotatable bonds is 4. The zero-order valence-electron chi connectivity index (χ0n) is 10.6. The Balaban J connectivity index is 1.70. The predicted octanol–water partition coefficient (Wildman–Crippen LogP) is 2.11. The summed E-state index contributed by atoms with van der Waals surface area (Å²) in [7, 11) is 2.23. The molecule has 0 radical (unpaired) electrons. The van der Waals surface area contributed by atoms with Gasteiger partial charge in [0.05, 0.1) is 0 Å². The number of likely N-dealkylation sites (tertiary alicyclic amines) is 1. The zero-order valence-corrected chi connectivity index (χ0v) is 10.6. The number of nitrogens with one attached hydrogen (secondary N) is 1. The van der Waals surface area contributed by atoms with Crippen LogP contribution in [0.2, 0.25) is 0 Å². The van der Waals surface area contributed by atoms with E-state index in [0.29, 0.717) is 5.41 Å². The van der Waals surface area contributed by atoms with E-state index in [1.807, 2.05) is 0 Å². The second-order valence-electron chi connectivity index (χ2n) is 5.98. The zero-order chi connectivity index (χ0) is 10.9. The minimum absolute atomic E-state index is 0.670. The molecule has 0 unspecified atom stereocenters. The lowest BCUT2D eigenvalue weighted by atomic mass is 9.91. The molecule has 88 valence electrons. The molecule has 0 amide bonds. The van der Waals surface area contributed by atoms with E-state index in [2.05, 4.69) is 31.1 Å². The maximum Gasteiger partial charge on any atom is 0.00916 e. The summed E-state index contributed by atoms with van der Waals surface area (Å²) in [6.07, 6.45) is 5.57. The molecular weight excluding hydrogens is 184 g/mol. The van der Waals surface area contributed by atoms with Gasteiger partial charge in [0.15, 0.2) is 0 Å². The maximum atomic E-state index is 3.80. The van der Waals surface area contributed by atoms with Crippen LogP contribution in [0.25, 0.3) is 0 Å². The van der Waals surface area contributed by atoms with Crippen LogP contribution in [-0.4, -0.2) is 37.6 Å². The van der Waals surface area contributed by atoms with Gasteiger partial charge in [0.2, 0.25) is 0 Å². The molecule has 2 aliphatic rings. The molecule has 0 spiro atoms. The quantitative estimate of drug-likeness (QED) is 0.764. The summed E-state index contributed by atoms with van der Waals surface area (Å²) in [5.74, 6) is 0.858. The van der Waals surface area contributed by atoms with E-state index in [4.69, 9.17) is 0 Å². The normalized spacial score (nSPS) is 27.2. The van der Waals surface area contributed by atoms with E-state index in [1.165, 1.54) is 45.3 Å². The minimum Gasteiger partial charge on any atom is -0.313 e. The first kappa shape index (κ1) is 11.4. The van der Waals surface area contributed by atoms with Crippen molar-refractivity contribution in [2.45, 2.75) is 45.6 Å². The molecule has 2 nitrogen and oxygen atoms in total. The van der Waals surface area contributed by atoms with Gasteiger partial charge in [-0.05, 0) is 57.2 Å². The molecule has 0 bridgehead atoms. The van der Waals surface area contributed by atoms with Gasteiger partial charge in [0.1, 0.15) is 0 Å². The van der Waals surface area contributed by atoms with Crippen LogP contribution in [0, 0.1) is 11.3 Å². The third kappa shape index (κ3) is 2.73. The lowest BCUT2D eigenvalue weighted by Crippen LogP contribution is -2.43. The van der Waals surface area contributed by atoms with E-state index in [9.17, 15) is 0 Å². The Morgan fingerprint density at radius 3 is 2.33 bits per heavy atom. The van der Waals surface area contributed by atoms with Gasteiger partial charge in [-0.15, -0.1) is 0 Å². The highest BCUT2D eigenvalue weighted by Crippen LogP contribution is 2.51. The fourth-order valence-corrected chi connectivity index (χ4v) is 2.68. The van der Waals surface area contributed by atoms with Crippen molar-refractivity contribution in [1.82, 2.24) is 10.2 Å². The summed E-state index contributed by atoms with van der Waals surface area (Å²) in [4.78, 5) is 2.44. The van der Waals surface area contributed by atoms with Gasteiger partial charge in [0.25, 0.3) is 0 Å². The highest BCUT2D eigenvalue weighted by molar-refractivity contribution is 4.97. The molecular formula is C13H26N2. The van der Waals surface area contributed by atoms with Crippen LogP contribution in [0.5, 0.6) is 0 Å². The fourth-order valence-electron chi connectivity index (χ4n) is 2.68. The van der Waals surface area contributed by atoms with Crippen LogP contribution in [0.4, 0.5) is 0 Å². The average molecular weight is 210 g/mol. The molecule has 0 atom stereocenters. The molecule has 1 aliphatic carbocycles. The number of nitrogens with zero attached hydrogens (tertiary/aromatic N) is 1. The monoisotopic (exact) mass is 210 g/mol. The Morgan fingerprint density at radius 2 is 1.87 bits per heavy atom. The molecule has 2 heteroatoms. The Morgan fingerprint density at radius 1 is 1.27 bits per heavy atom. The third-order valence-electron chi connectivity index (χ3n) is 4.58. The Hall–Kier alpha value is -0.0800. The molecule has 2 fully saturated rings. The molecule has 1 heterocycles. The molecule has 1 N–H and O–H groups in total. The third-order valence-corrected chi connectivity index (χ3v) is 4.58.